The third-order valence-electron chi connectivity index (χ3n) is 2.25. The normalized spacial score (nSPS) is 12.2. The van der Waals surface area contributed by atoms with E-state index in [9.17, 15) is 0 Å². The lowest BCUT2D eigenvalue weighted by Crippen LogP contribution is -2.31. The Morgan fingerprint density at radius 2 is 1.77 bits per heavy atom. The summed E-state index contributed by atoms with van der Waals surface area (Å²) in [5.74, 6) is 0. The van der Waals surface area contributed by atoms with Crippen LogP contribution in [0.25, 0.3) is 0 Å². The second kappa shape index (κ2) is 11.9. The predicted octanol–water partition coefficient (Wildman–Crippen LogP) is 2.78. The first kappa shape index (κ1) is 15.4. The fourth-order valence-electron chi connectivity index (χ4n) is 1.25. The van der Waals surface area contributed by atoms with Crippen molar-refractivity contribution in [2.24, 2.45) is 0 Å². The van der Waals surface area contributed by atoms with Crippen LogP contribution in [-0.4, -0.2) is 38.3 Å². The van der Waals surface area contributed by atoms with Crippen LogP contribution in [0.2, 0.25) is 0 Å². The Kier molecular flexibility index (Phi) is 14.1. The largest absolute Gasteiger partial charge is 0.385 e. The van der Waals surface area contributed by atoms with Crippen LogP contribution in [0.5, 0.6) is 0 Å². The van der Waals surface area contributed by atoms with E-state index in [2.05, 4.69) is 25.8 Å². The van der Waals surface area contributed by atoms with Crippen molar-refractivity contribution in [1.29, 1.82) is 0 Å². The quantitative estimate of drug-likeness (QED) is 0.637. The van der Waals surface area contributed by atoms with E-state index in [1.165, 1.54) is 6.42 Å². The zero-order valence-electron chi connectivity index (χ0n) is 10.3. The molecule has 0 N–H and O–H groups in total. The van der Waals surface area contributed by atoms with Crippen LogP contribution in [0.4, 0.5) is 0 Å². The van der Waals surface area contributed by atoms with E-state index in [1.54, 1.807) is 7.11 Å². The predicted molar refractivity (Wildman–Crippen MR) is 60.2 cm³/mol. The molecule has 0 bridgehead atoms. The van der Waals surface area contributed by atoms with Gasteiger partial charge >= 0.3 is 0 Å². The van der Waals surface area contributed by atoms with Gasteiger partial charge in [-0.2, -0.15) is 0 Å². The molecule has 0 amide bonds. The van der Waals surface area contributed by atoms with E-state index >= 15 is 0 Å². The molecular formula is C11H27NO. The number of rotatable bonds is 6. The molecule has 0 saturated carbocycles. The topological polar surface area (TPSA) is 12.5 Å². The summed E-state index contributed by atoms with van der Waals surface area (Å²) >= 11 is 0. The first-order valence-corrected chi connectivity index (χ1v) is 5.45. The van der Waals surface area contributed by atoms with Gasteiger partial charge in [-0.15, -0.1) is 0 Å². The molecule has 0 spiro atoms. The highest BCUT2D eigenvalue weighted by Gasteiger charge is 2.09. The standard InChI is InChI=1S/C9H21NO.C2H6/c1-5-9(7-8-11-4)10(3)6-2;1-2/h9H,5-8H2,1-4H3;1-2H3. The van der Waals surface area contributed by atoms with Gasteiger partial charge in [0.15, 0.2) is 0 Å². The summed E-state index contributed by atoms with van der Waals surface area (Å²) in [6, 6.07) is 0.694. The Bertz CT molecular complexity index is 86.2. The van der Waals surface area contributed by atoms with Gasteiger partial charge in [0.2, 0.25) is 0 Å². The van der Waals surface area contributed by atoms with Gasteiger partial charge in [0.1, 0.15) is 0 Å². The van der Waals surface area contributed by atoms with Gasteiger partial charge < -0.3 is 9.64 Å². The van der Waals surface area contributed by atoms with Crippen molar-refractivity contribution in [3.8, 4) is 0 Å². The highest BCUT2D eigenvalue weighted by Crippen LogP contribution is 2.05. The van der Waals surface area contributed by atoms with Gasteiger partial charge in [-0.3, -0.25) is 0 Å². The lowest BCUT2D eigenvalue weighted by molar-refractivity contribution is 0.147. The maximum Gasteiger partial charge on any atom is 0.0477 e. The Morgan fingerprint density at radius 1 is 1.23 bits per heavy atom. The van der Waals surface area contributed by atoms with Gasteiger partial charge in [-0.25, -0.2) is 0 Å². The Morgan fingerprint density at radius 3 is 2.08 bits per heavy atom. The fourth-order valence-corrected chi connectivity index (χ4v) is 1.25. The van der Waals surface area contributed by atoms with E-state index in [-0.39, 0.29) is 0 Å². The minimum Gasteiger partial charge on any atom is -0.385 e. The number of ether oxygens (including phenoxy) is 1. The second-order valence-electron chi connectivity index (χ2n) is 2.92. The summed E-state index contributed by atoms with van der Waals surface area (Å²) in [4.78, 5) is 2.37. The van der Waals surface area contributed by atoms with Crippen molar-refractivity contribution in [1.82, 2.24) is 4.90 Å². The van der Waals surface area contributed by atoms with Crippen molar-refractivity contribution < 1.29 is 4.74 Å². The van der Waals surface area contributed by atoms with E-state index in [4.69, 9.17) is 4.74 Å². The molecular weight excluding hydrogens is 162 g/mol. The molecule has 0 rings (SSSR count). The molecule has 0 aliphatic rings. The SMILES string of the molecule is CC.CCC(CCOC)N(C)CC. The smallest absolute Gasteiger partial charge is 0.0477 e. The number of hydrogen-bond donors (Lipinski definition) is 0. The molecule has 2 heteroatoms. The monoisotopic (exact) mass is 189 g/mol. The van der Waals surface area contributed by atoms with Crippen LogP contribution in [0.3, 0.4) is 0 Å². The number of methoxy groups -OCH3 is 1. The van der Waals surface area contributed by atoms with Crippen LogP contribution < -0.4 is 0 Å². The highest BCUT2D eigenvalue weighted by atomic mass is 16.5. The van der Waals surface area contributed by atoms with Gasteiger partial charge in [0.25, 0.3) is 0 Å². The van der Waals surface area contributed by atoms with Gasteiger partial charge in [-0.05, 0) is 26.4 Å². The molecule has 1 atom stereocenters. The highest BCUT2D eigenvalue weighted by molar-refractivity contribution is 4.64. The fraction of sp³-hybridized carbons (Fsp3) is 1.00. The van der Waals surface area contributed by atoms with Crippen molar-refractivity contribution in [2.45, 2.75) is 46.6 Å². The third kappa shape index (κ3) is 8.26. The minimum absolute atomic E-state index is 0.694. The van der Waals surface area contributed by atoms with Crippen LogP contribution >= 0.6 is 0 Å². The summed E-state index contributed by atoms with van der Waals surface area (Å²) < 4.78 is 5.04. The minimum atomic E-state index is 0.694. The molecule has 13 heavy (non-hydrogen) atoms. The van der Waals surface area contributed by atoms with E-state index in [0.717, 1.165) is 19.6 Å². The Balaban J connectivity index is 0. The summed E-state index contributed by atoms with van der Waals surface area (Å²) in [5.41, 5.74) is 0. The van der Waals surface area contributed by atoms with E-state index < -0.39 is 0 Å². The maximum atomic E-state index is 5.04. The molecule has 0 saturated heterocycles. The second-order valence-corrected chi connectivity index (χ2v) is 2.92. The average molecular weight is 189 g/mol. The molecule has 0 aliphatic heterocycles. The molecule has 1 unspecified atom stereocenters. The molecule has 0 aromatic heterocycles. The van der Waals surface area contributed by atoms with Gasteiger partial charge in [0, 0.05) is 19.8 Å². The van der Waals surface area contributed by atoms with Crippen LogP contribution in [0, 0.1) is 0 Å². The molecule has 0 aliphatic carbocycles. The lowest BCUT2D eigenvalue weighted by atomic mass is 10.1. The van der Waals surface area contributed by atoms with E-state index in [1.807, 2.05) is 13.8 Å². The van der Waals surface area contributed by atoms with E-state index in [0.29, 0.717) is 6.04 Å². The summed E-state index contributed by atoms with van der Waals surface area (Å²) in [5, 5.41) is 0. The van der Waals surface area contributed by atoms with Crippen molar-refractivity contribution in [3.63, 3.8) is 0 Å². The Labute approximate surface area is 84.3 Å². The molecule has 0 fully saturated rings. The lowest BCUT2D eigenvalue weighted by Gasteiger charge is -2.25. The zero-order chi connectivity index (χ0) is 10.7. The molecule has 0 aromatic rings. The Hall–Kier alpha value is -0.0800. The first-order chi connectivity index (χ1) is 6.26. The molecule has 0 aromatic carbocycles. The molecule has 0 radical (unpaired) electrons. The third-order valence-corrected chi connectivity index (χ3v) is 2.25. The van der Waals surface area contributed by atoms with Crippen molar-refractivity contribution >= 4 is 0 Å². The molecule has 0 heterocycles. The van der Waals surface area contributed by atoms with Crippen LogP contribution in [-0.2, 0) is 4.74 Å². The number of nitrogens with zero attached hydrogens (tertiary/aromatic N) is 1. The molecule has 82 valence electrons. The van der Waals surface area contributed by atoms with Crippen LogP contribution in [0.1, 0.15) is 40.5 Å². The van der Waals surface area contributed by atoms with Crippen molar-refractivity contribution in [3.05, 3.63) is 0 Å². The van der Waals surface area contributed by atoms with Gasteiger partial charge in [-0.1, -0.05) is 27.7 Å². The number of hydrogen-bond acceptors (Lipinski definition) is 2. The van der Waals surface area contributed by atoms with Crippen LogP contribution in [0.15, 0.2) is 0 Å². The first-order valence-electron chi connectivity index (χ1n) is 5.45. The van der Waals surface area contributed by atoms with Gasteiger partial charge in [0.05, 0.1) is 0 Å². The summed E-state index contributed by atoms with van der Waals surface area (Å²) in [6.07, 6.45) is 2.37. The summed E-state index contributed by atoms with van der Waals surface area (Å²) in [6.45, 7) is 10.4. The molecule has 2 nitrogen and oxygen atoms in total. The summed E-state index contributed by atoms with van der Waals surface area (Å²) in [7, 11) is 3.93. The van der Waals surface area contributed by atoms with Crippen molar-refractivity contribution in [2.75, 3.05) is 27.3 Å². The maximum absolute atomic E-state index is 5.04. The average Bonchev–Trinajstić information content (AvgIpc) is 2.21. The zero-order valence-corrected chi connectivity index (χ0v) is 10.3.